The second-order valence-electron chi connectivity index (χ2n) is 4.54. The molecular formula is C12H22ClN3S. The first-order valence-corrected chi connectivity index (χ1v) is 6.96. The lowest BCUT2D eigenvalue weighted by atomic mass is 9.99. The summed E-state index contributed by atoms with van der Waals surface area (Å²) in [5.41, 5.74) is 5.68. The number of nitrogens with two attached hydrogens (primary N) is 1. The van der Waals surface area contributed by atoms with E-state index in [1.165, 1.54) is 35.7 Å². The van der Waals surface area contributed by atoms with E-state index in [1.54, 1.807) is 0 Å². The minimum atomic E-state index is 0. The maximum absolute atomic E-state index is 5.68. The van der Waals surface area contributed by atoms with Gasteiger partial charge < -0.3 is 5.73 Å². The smallest absolute Gasteiger partial charge is 0.0897 e. The number of hydrogen-bond donors (Lipinski definition) is 1. The molecule has 2 rings (SSSR count). The monoisotopic (exact) mass is 275 g/mol. The fourth-order valence-electron chi connectivity index (χ4n) is 2.47. The van der Waals surface area contributed by atoms with Gasteiger partial charge in [0, 0.05) is 23.7 Å². The van der Waals surface area contributed by atoms with Crippen LogP contribution in [0.25, 0.3) is 0 Å². The SMILES string of the molecule is Cc1ncc(CN2CCCCC2CCN)s1.Cl. The van der Waals surface area contributed by atoms with Crippen LogP contribution in [0.2, 0.25) is 0 Å². The lowest BCUT2D eigenvalue weighted by molar-refractivity contribution is 0.135. The van der Waals surface area contributed by atoms with E-state index in [2.05, 4.69) is 16.8 Å². The summed E-state index contributed by atoms with van der Waals surface area (Å²) in [5, 5.41) is 1.17. The summed E-state index contributed by atoms with van der Waals surface area (Å²) in [6.07, 6.45) is 7.17. The Morgan fingerprint density at radius 3 is 3.00 bits per heavy atom. The van der Waals surface area contributed by atoms with Gasteiger partial charge in [-0.25, -0.2) is 4.98 Å². The zero-order chi connectivity index (χ0) is 11.4. The summed E-state index contributed by atoms with van der Waals surface area (Å²) in [6.45, 7) is 5.17. The molecule has 0 saturated carbocycles. The standard InChI is InChI=1S/C12H21N3S.ClH/c1-10-14-8-12(16-10)9-15-7-3-2-4-11(15)5-6-13;/h8,11H,2-7,9,13H2,1H3;1H. The molecule has 1 saturated heterocycles. The molecule has 0 spiro atoms. The number of hydrogen-bond acceptors (Lipinski definition) is 4. The number of rotatable bonds is 4. The molecule has 0 radical (unpaired) electrons. The molecule has 1 aromatic heterocycles. The molecule has 1 fully saturated rings. The average Bonchev–Trinajstić information content (AvgIpc) is 2.67. The molecule has 1 atom stereocenters. The van der Waals surface area contributed by atoms with Crippen LogP contribution in [0.1, 0.15) is 35.6 Å². The second kappa shape index (κ2) is 7.31. The highest BCUT2D eigenvalue weighted by Gasteiger charge is 2.21. The average molecular weight is 276 g/mol. The van der Waals surface area contributed by atoms with Crippen LogP contribution in [0.5, 0.6) is 0 Å². The van der Waals surface area contributed by atoms with Crippen molar-refractivity contribution in [1.82, 2.24) is 9.88 Å². The maximum Gasteiger partial charge on any atom is 0.0897 e. The van der Waals surface area contributed by atoms with Gasteiger partial charge in [-0.1, -0.05) is 6.42 Å². The van der Waals surface area contributed by atoms with Crippen molar-refractivity contribution in [1.29, 1.82) is 0 Å². The number of likely N-dealkylation sites (tertiary alicyclic amines) is 1. The molecule has 1 aromatic rings. The molecule has 5 heteroatoms. The van der Waals surface area contributed by atoms with E-state index in [0.717, 1.165) is 19.5 Å². The zero-order valence-electron chi connectivity index (χ0n) is 10.4. The van der Waals surface area contributed by atoms with Crippen molar-refractivity contribution in [2.75, 3.05) is 13.1 Å². The van der Waals surface area contributed by atoms with Gasteiger partial charge in [0.2, 0.25) is 0 Å². The van der Waals surface area contributed by atoms with Gasteiger partial charge >= 0.3 is 0 Å². The van der Waals surface area contributed by atoms with Gasteiger partial charge in [-0.3, -0.25) is 4.90 Å². The van der Waals surface area contributed by atoms with Gasteiger partial charge in [0.05, 0.1) is 5.01 Å². The molecule has 1 unspecified atom stereocenters. The molecule has 17 heavy (non-hydrogen) atoms. The fourth-order valence-corrected chi connectivity index (χ4v) is 3.29. The van der Waals surface area contributed by atoms with Gasteiger partial charge in [-0.2, -0.15) is 0 Å². The van der Waals surface area contributed by atoms with Crippen molar-refractivity contribution in [2.24, 2.45) is 5.73 Å². The molecule has 1 aliphatic rings. The normalized spacial score (nSPS) is 21.2. The Kier molecular flexibility index (Phi) is 6.41. The molecule has 0 bridgehead atoms. The molecule has 0 aromatic carbocycles. The van der Waals surface area contributed by atoms with E-state index < -0.39 is 0 Å². The highest BCUT2D eigenvalue weighted by Crippen LogP contribution is 2.23. The molecule has 3 nitrogen and oxygen atoms in total. The van der Waals surface area contributed by atoms with Crippen LogP contribution < -0.4 is 5.73 Å². The quantitative estimate of drug-likeness (QED) is 0.918. The first kappa shape index (κ1) is 14.9. The molecular weight excluding hydrogens is 254 g/mol. The summed E-state index contributed by atoms with van der Waals surface area (Å²) >= 11 is 1.82. The first-order valence-electron chi connectivity index (χ1n) is 6.15. The number of piperidine rings is 1. The van der Waals surface area contributed by atoms with Crippen molar-refractivity contribution in [2.45, 2.75) is 45.2 Å². The van der Waals surface area contributed by atoms with E-state index in [1.807, 2.05) is 17.5 Å². The van der Waals surface area contributed by atoms with Gasteiger partial charge in [-0.15, -0.1) is 23.7 Å². The number of nitrogens with zero attached hydrogens (tertiary/aromatic N) is 2. The van der Waals surface area contributed by atoms with Crippen molar-refractivity contribution in [3.63, 3.8) is 0 Å². The van der Waals surface area contributed by atoms with Crippen molar-refractivity contribution < 1.29 is 0 Å². The summed E-state index contributed by atoms with van der Waals surface area (Å²) < 4.78 is 0. The van der Waals surface area contributed by atoms with E-state index >= 15 is 0 Å². The fraction of sp³-hybridized carbons (Fsp3) is 0.750. The molecule has 98 valence electrons. The Morgan fingerprint density at radius 2 is 2.35 bits per heavy atom. The van der Waals surface area contributed by atoms with Crippen molar-refractivity contribution in [3.05, 3.63) is 16.1 Å². The third kappa shape index (κ3) is 4.21. The highest BCUT2D eigenvalue weighted by molar-refractivity contribution is 7.11. The minimum absolute atomic E-state index is 0. The second-order valence-corrected chi connectivity index (χ2v) is 5.86. The zero-order valence-corrected chi connectivity index (χ0v) is 12.0. The Balaban J connectivity index is 0.00000144. The minimum Gasteiger partial charge on any atom is -0.330 e. The maximum atomic E-state index is 5.68. The van der Waals surface area contributed by atoms with E-state index in [4.69, 9.17) is 5.73 Å². The molecule has 2 heterocycles. The van der Waals surface area contributed by atoms with E-state index in [0.29, 0.717) is 6.04 Å². The van der Waals surface area contributed by atoms with Crippen LogP contribution in [0.15, 0.2) is 6.20 Å². The van der Waals surface area contributed by atoms with Gasteiger partial charge in [0.25, 0.3) is 0 Å². The number of aromatic nitrogens is 1. The van der Waals surface area contributed by atoms with E-state index in [-0.39, 0.29) is 12.4 Å². The molecule has 2 N–H and O–H groups in total. The Morgan fingerprint density at radius 1 is 1.53 bits per heavy atom. The van der Waals surface area contributed by atoms with E-state index in [9.17, 15) is 0 Å². The van der Waals surface area contributed by atoms with Crippen LogP contribution in [-0.4, -0.2) is 29.0 Å². The first-order chi connectivity index (χ1) is 7.79. The third-order valence-corrected chi connectivity index (χ3v) is 4.17. The highest BCUT2D eigenvalue weighted by atomic mass is 35.5. The lowest BCUT2D eigenvalue weighted by Gasteiger charge is -2.35. The van der Waals surface area contributed by atoms with Gasteiger partial charge in [0.1, 0.15) is 0 Å². The predicted molar refractivity (Wildman–Crippen MR) is 75.8 cm³/mol. The van der Waals surface area contributed by atoms with Crippen LogP contribution in [0, 0.1) is 6.92 Å². The summed E-state index contributed by atoms with van der Waals surface area (Å²) in [6, 6.07) is 0.696. The largest absolute Gasteiger partial charge is 0.330 e. The van der Waals surface area contributed by atoms with Crippen LogP contribution in [0.4, 0.5) is 0 Å². The Labute approximate surface area is 114 Å². The van der Waals surface area contributed by atoms with Crippen molar-refractivity contribution >= 4 is 23.7 Å². The summed E-state index contributed by atoms with van der Waals surface area (Å²) in [4.78, 5) is 8.30. The summed E-state index contributed by atoms with van der Waals surface area (Å²) in [7, 11) is 0. The third-order valence-electron chi connectivity index (χ3n) is 3.28. The predicted octanol–water partition coefficient (Wildman–Crippen LogP) is 2.58. The lowest BCUT2D eigenvalue weighted by Crippen LogP contribution is -2.39. The van der Waals surface area contributed by atoms with Crippen LogP contribution in [0.3, 0.4) is 0 Å². The van der Waals surface area contributed by atoms with Crippen LogP contribution in [-0.2, 0) is 6.54 Å². The molecule has 0 aliphatic carbocycles. The topological polar surface area (TPSA) is 42.2 Å². The van der Waals surface area contributed by atoms with Gasteiger partial charge in [-0.05, 0) is 39.3 Å². The Bertz CT molecular complexity index is 327. The van der Waals surface area contributed by atoms with Crippen molar-refractivity contribution in [3.8, 4) is 0 Å². The number of halogens is 1. The summed E-state index contributed by atoms with van der Waals surface area (Å²) in [5.74, 6) is 0. The van der Waals surface area contributed by atoms with Crippen LogP contribution >= 0.6 is 23.7 Å². The Hall–Kier alpha value is -0.160. The van der Waals surface area contributed by atoms with Gasteiger partial charge in [0.15, 0.2) is 0 Å². The molecule has 1 aliphatic heterocycles. The number of aryl methyl sites for hydroxylation is 1. The number of thiazole rings is 1. The molecule has 0 amide bonds.